The molecule has 0 aliphatic heterocycles. The highest BCUT2D eigenvalue weighted by Gasteiger charge is 2.22. The van der Waals surface area contributed by atoms with E-state index in [1.54, 1.807) is 7.05 Å². The fourth-order valence-corrected chi connectivity index (χ4v) is 2.53. The van der Waals surface area contributed by atoms with Gasteiger partial charge in [-0.15, -0.1) is 0 Å². The van der Waals surface area contributed by atoms with Crippen LogP contribution in [-0.4, -0.2) is 36.9 Å². The molecule has 0 bridgehead atoms. The van der Waals surface area contributed by atoms with Gasteiger partial charge in [-0.05, 0) is 36.7 Å². The minimum atomic E-state index is -0.962. The molecule has 1 amide bonds. The molecule has 2 atom stereocenters. The number of carbonyl (C=O) groups excluding carboxylic acids is 1. The molecule has 0 aliphatic rings. The zero-order valence-corrected chi connectivity index (χ0v) is 14.4. The van der Waals surface area contributed by atoms with E-state index in [0.29, 0.717) is 5.56 Å². The first-order chi connectivity index (χ1) is 12.5. The molecule has 7 heteroatoms. The Balaban J connectivity index is 2.00. The van der Waals surface area contributed by atoms with Crippen molar-refractivity contribution in [2.45, 2.75) is 25.2 Å². The van der Waals surface area contributed by atoms with E-state index in [1.165, 1.54) is 12.1 Å². The first-order valence-electron chi connectivity index (χ1n) is 8.22. The Morgan fingerprint density at radius 1 is 1.12 bits per heavy atom. The zero-order valence-electron chi connectivity index (χ0n) is 14.4. The van der Waals surface area contributed by atoms with Crippen LogP contribution >= 0.6 is 0 Å². The predicted molar refractivity (Wildman–Crippen MR) is 93.5 cm³/mol. The molecule has 0 saturated carbocycles. The third-order valence-electron chi connectivity index (χ3n) is 3.77. The summed E-state index contributed by atoms with van der Waals surface area (Å²) in [6.45, 7) is 0.275. The number of rotatable bonds is 8. The van der Waals surface area contributed by atoms with E-state index in [2.05, 4.69) is 10.6 Å². The van der Waals surface area contributed by atoms with Crippen LogP contribution in [0.5, 0.6) is 0 Å². The van der Waals surface area contributed by atoms with Gasteiger partial charge in [-0.2, -0.15) is 0 Å². The number of aliphatic hydroxyl groups excluding tert-OH is 1. The molecule has 2 aromatic rings. The van der Waals surface area contributed by atoms with Gasteiger partial charge in [-0.25, -0.2) is 13.6 Å². The van der Waals surface area contributed by atoms with Crippen molar-refractivity contribution >= 4 is 6.09 Å². The third-order valence-corrected chi connectivity index (χ3v) is 3.77. The fraction of sp³-hybridized carbons (Fsp3) is 0.316. The molecule has 3 N–H and O–H groups in total. The van der Waals surface area contributed by atoms with Crippen LogP contribution in [0, 0.1) is 11.6 Å². The molecular weight excluding hydrogens is 342 g/mol. The minimum absolute atomic E-state index is 0.0535. The number of benzene rings is 2. The molecule has 0 radical (unpaired) electrons. The number of likely N-dealkylation sites (N-methyl/N-ethyl adjacent to an activating group) is 1. The van der Waals surface area contributed by atoms with E-state index in [9.17, 15) is 18.7 Å². The van der Waals surface area contributed by atoms with Gasteiger partial charge in [0.05, 0.1) is 12.1 Å². The topological polar surface area (TPSA) is 70.6 Å². The lowest BCUT2D eigenvalue weighted by Gasteiger charge is -2.24. The second-order valence-electron chi connectivity index (χ2n) is 5.92. The van der Waals surface area contributed by atoms with Crippen LogP contribution in [0.3, 0.4) is 0 Å². The van der Waals surface area contributed by atoms with Crippen molar-refractivity contribution in [1.29, 1.82) is 0 Å². The highest BCUT2D eigenvalue weighted by Crippen LogP contribution is 2.12. The SMILES string of the molecule is CNC[C@H](O)[C@H](Cc1cc(F)cc(F)c1)NC(=O)OCc1ccccc1. The lowest BCUT2D eigenvalue weighted by Crippen LogP contribution is -2.48. The van der Waals surface area contributed by atoms with E-state index in [0.717, 1.165) is 11.6 Å². The maximum Gasteiger partial charge on any atom is 0.407 e. The molecule has 0 fully saturated rings. The van der Waals surface area contributed by atoms with Gasteiger partial charge in [0.15, 0.2) is 0 Å². The number of alkyl carbamates (subject to hydrolysis) is 1. The maximum atomic E-state index is 13.4. The van der Waals surface area contributed by atoms with Crippen molar-refractivity contribution < 1.29 is 23.4 Å². The van der Waals surface area contributed by atoms with Crippen LogP contribution in [0.25, 0.3) is 0 Å². The van der Waals surface area contributed by atoms with Gasteiger partial charge < -0.3 is 20.5 Å². The lowest BCUT2D eigenvalue weighted by atomic mass is 10.0. The largest absolute Gasteiger partial charge is 0.445 e. The Morgan fingerprint density at radius 2 is 1.77 bits per heavy atom. The first-order valence-corrected chi connectivity index (χ1v) is 8.22. The van der Waals surface area contributed by atoms with Crippen molar-refractivity contribution in [3.8, 4) is 0 Å². The van der Waals surface area contributed by atoms with Crippen molar-refractivity contribution in [1.82, 2.24) is 10.6 Å². The van der Waals surface area contributed by atoms with Crippen molar-refractivity contribution in [3.05, 3.63) is 71.3 Å². The number of amides is 1. The molecule has 0 heterocycles. The number of hydrogen-bond donors (Lipinski definition) is 3. The van der Waals surface area contributed by atoms with E-state index < -0.39 is 29.9 Å². The normalized spacial score (nSPS) is 13.1. The van der Waals surface area contributed by atoms with Gasteiger partial charge in [0.25, 0.3) is 0 Å². The molecule has 2 rings (SSSR count). The van der Waals surface area contributed by atoms with Gasteiger partial charge in [0.1, 0.15) is 18.2 Å². The van der Waals surface area contributed by atoms with E-state index in [-0.39, 0.29) is 19.6 Å². The zero-order chi connectivity index (χ0) is 18.9. The minimum Gasteiger partial charge on any atom is -0.445 e. The summed E-state index contributed by atoms with van der Waals surface area (Å²) >= 11 is 0. The molecule has 26 heavy (non-hydrogen) atoms. The molecule has 5 nitrogen and oxygen atoms in total. The maximum absolute atomic E-state index is 13.4. The van der Waals surface area contributed by atoms with Crippen LogP contribution in [0.15, 0.2) is 48.5 Å². The molecule has 0 unspecified atom stereocenters. The highest BCUT2D eigenvalue weighted by atomic mass is 19.1. The Morgan fingerprint density at radius 3 is 2.38 bits per heavy atom. The Hall–Kier alpha value is -2.51. The summed E-state index contributed by atoms with van der Waals surface area (Å²) in [5.74, 6) is -1.43. The van der Waals surface area contributed by atoms with E-state index in [4.69, 9.17) is 4.74 Å². The Kier molecular flexibility index (Phi) is 7.50. The molecule has 2 aromatic carbocycles. The van der Waals surface area contributed by atoms with E-state index >= 15 is 0 Å². The first kappa shape index (κ1) is 19.8. The summed E-state index contributed by atoms with van der Waals surface area (Å²) in [6, 6.07) is 11.5. The molecule has 0 aromatic heterocycles. The quantitative estimate of drug-likeness (QED) is 0.673. The number of nitrogens with one attached hydrogen (secondary N) is 2. The van der Waals surface area contributed by atoms with Gasteiger partial charge >= 0.3 is 6.09 Å². The van der Waals surface area contributed by atoms with E-state index in [1.807, 2.05) is 30.3 Å². The fourth-order valence-electron chi connectivity index (χ4n) is 2.53. The second kappa shape index (κ2) is 9.84. The Labute approximate surface area is 151 Å². The van der Waals surface area contributed by atoms with Gasteiger partial charge in [-0.3, -0.25) is 0 Å². The predicted octanol–water partition coefficient (Wildman–Crippen LogP) is 2.38. The number of halogens is 2. The molecule has 140 valence electrons. The van der Waals surface area contributed by atoms with Crippen molar-refractivity contribution in [2.24, 2.45) is 0 Å². The summed E-state index contributed by atoms with van der Waals surface area (Å²) < 4.78 is 31.9. The summed E-state index contributed by atoms with van der Waals surface area (Å²) in [7, 11) is 1.65. The smallest absolute Gasteiger partial charge is 0.407 e. The van der Waals surface area contributed by atoms with Crippen LogP contribution in [0.4, 0.5) is 13.6 Å². The summed E-state index contributed by atoms with van der Waals surface area (Å²) in [6.07, 6.45) is -1.63. The average molecular weight is 364 g/mol. The van der Waals surface area contributed by atoms with Crippen LogP contribution in [-0.2, 0) is 17.8 Å². The average Bonchev–Trinajstić information content (AvgIpc) is 2.59. The second-order valence-corrected chi connectivity index (χ2v) is 5.92. The summed E-state index contributed by atoms with van der Waals surface area (Å²) in [5, 5.41) is 15.6. The van der Waals surface area contributed by atoms with Crippen LogP contribution < -0.4 is 10.6 Å². The monoisotopic (exact) mass is 364 g/mol. The number of ether oxygens (including phenoxy) is 1. The third kappa shape index (κ3) is 6.42. The summed E-state index contributed by atoms with van der Waals surface area (Å²) in [4.78, 5) is 12.0. The molecule has 0 aliphatic carbocycles. The number of carbonyl (C=O) groups is 1. The molecule has 0 saturated heterocycles. The highest BCUT2D eigenvalue weighted by molar-refractivity contribution is 5.67. The van der Waals surface area contributed by atoms with Gasteiger partial charge in [0, 0.05) is 12.6 Å². The number of aliphatic hydroxyl groups is 1. The van der Waals surface area contributed by atoms with Gasteiger partial charge in [0.2, 0.25) is 0 Å². The summed E-state index contributed by atoms with van der Waals surface area (Å²) in [5.41, 5.74) is 1.15. The van der Waals surface area contributed by atoms with Gasteiger partial charge in [-0.1, -0.05) is 30.3 Å². The van der Waals surface area contributed by atoms with Crippen molar-refractivity contribution in [3.63, 3.8) is 0 Å². The van der Waals surface area contributed by atoms with Crippen molar-refractivity contribution in [2.75, 3.05) is 13.6 Å². The van der Waals surface area contributed by atoms with Crippen LogP contribution in [0.1, 0.15) is 11.1 Å². The Bertz CT molecular complexity index is 693. The van der Waals surface area contributed by atoms with Crippen LogP contribution in [0.2, 0.25) is 0 Å². The molecular formula is C19H22F2N2O3. The molecule has 0 spiro atoms. The number of hydrogen-bond acceptors (Lipinski definition) is 4. The standard InChI is InChI=1S/C19H22F2N2O3/c1-22-11-18(24)17(9-14-7-15(20)10-16(21)8-14)23-19(25)26-12-13-5-3-2-4-6-13/h2-8,10,17-18,22,24H,9,11-12H2,1H3,(H,23,25)/t17-,18-/m0/s1. The lowest BCUT2D eigenvalue weighted by molar-refractivity contribution is 0.102.